The second-order valence-electron chi connectivity index (χ2n) is 6.02. The Kier molecular flexibility index (Phi) is 7.54. The number of thiazole rings is 1. The fourth-order valence-electron chi connectivity index (χ4n) is 2.47. The van der Waals surface area contributed by atoms with Crippen LogP contribution < -0.4 is 14.8 Å². The van der Waals surface area contributed by atoms with Crippen molar-refractivity contribution in [3.63, 3.8) is 0 Å². The number of amides is 1. The summed E-state index contributed by atoms with van der Waals surface area (Å²) in [5.41, 5.74) is 2.22. The molecule has 152 valence electrons. The van der Waals surface area contributed by atoms with Gasteiger partial charge in [-0.3, -0.25) is 4.79 Å². The van der Waals surface area contributed by atoms with Gasteiger partial charge >= 0.3 is 0 Å². The third-order valence-corrected chi connectivity index (χ3v) is 4.83. The lowest BCUT2D eigenvalue weighted by molar-refractivity contribution is 0.0946. The van der Waals surface area contributed by atoms with E-state index in [0.29, 0.717) is 37.9 Å². The molecule has 0 bridgehead atoms. The average Bonchev–Trinajstić information content (AvgIpc) is 3.24. The van der Waals surface area contributed by atoms with Crippen LogP contribution >= 0.6 is 11.3 Å². The van der Waals surface area contributed by atoms with Crippen LogP contribution in [0.3, 0.4) is 0 Å². The summed E-state index contributed by atoms with van der Waals surface area (Å²) in [6.45, 7) is 3.88. The first-order valence-electron chi connectivity index (χ1n) is 9.23. The highest BCUT2D eigenvalue weighted by Crippen LogP contribution is 2.25. The molecular weight excluding hydrogens is 390 g/mol. The maximum atomic E-state index is 12.4. The molecule has 1 N–H and O–H groups in total. The standard InChI is InChI=1S/C21H23N3O4S/c1-3-27-17-7-5-16(6-8-17)21-24-18(14-29-21)20(25)23-13-15-4-9-19(22-12-15)28-11-10-26-2/h4-9,12,14H,3,10-11,13H2,1-2H3,(H,23,25). The van der Waals surface area contributed by atoms with E-state index in [0.717, 1.165) is 21.9 Å². The van der Waals surface area contributed by atoms with Crippen LogP contribution in [0, 0.1) is 0 Å². The van der Waals surface area contributed by atoms with Gasteiger partial charge in [0.25, 0.3) is 5.91 Å². The molecule has 2 aromatic heterocycles. The third kappa shape index (κ3) is 6.00. The zero-order chi connectivity index (χ0) is 20.5. The van der Waals surface area contributed by atoms with Crippen molar-refractivity contribution in [2.24, 2.45) is 0 Å². The Bertz CT molecular complexity index is 910. The molecule has 0 aliphatic carbocycles. The molecule has 1 amide bonds. The number of methoxy groups -OCH3 is 1. The van der Waals surface area contributed by atoms with Crippen LogP contribution in [0.5, 0.6) is 11.6 Å². The molecule has 0 atom stereocenters. The molecule has 3 rings (SSSR count). The topological polar surface area (TPSA) is 82.6 Å². The molecule has 0 fully saturated rings. The lowest BCUT2D eigenvalue weighted by atomic mass is 10.2. The molecule has 3 aromatic rings. The predicted molar refractivity (Wildman–Crippen MR) is 111 cm³/mol. The van der Waals surface area contributed by atoms with Crippen molar-refractivity contribution in [1.29, 1.82) is 0 Å². The molecule has 0 unspecified atom stereocenters. The Morgan fingerprint density at radius 3 is 2.62 bits per heavy atom. The van der Waals surface area contributed by atoms with Crippen LogP contribution in [0.15, 0.2) is 48.0 Å². The predicted octanol–water partition coefficient (Wildman–Crippen LogP) is 3.56. The fraction of sp³-hybridized carbons (Fsp3) is 0.286. The van der Waals surface area contributed by atoms with E-state index < -0.39 is 0 Å². The van der Waals surface area contributed by atoms with Crippen molar-refractivity contribution >= 4 is 17.2 Å². The molecule has 0 aliphatic rings. The van der Waals surface area contributed by atoms with Gasteiger partial charge in [0, 0.05) is 36.9 Å². The zero-order valence-electron chi connectivity index (χ0n) is 16.4. The smallest absolute Gasteiger partial charge is 0.271 e. The highest BCUT2D eigenvalue weighted by molar-refractivity contribution is 7.13. The van der Waals surface area contributed by atoms with Gasteiger partial charge in [-0.1, -0.05) is 6.07 Å². The Morgan fingerprint density at radius 1 is 1.10 bits per heavy atom. The summed E-state index contributed by atoms with van der Waals surface area (Å²) in [5, 5.41) is 5.41. The van der Waals surface area contributed by atoms with E-state index in [4.69, 9.17) is 14.2 Å². The molecule has 29 heavy (non-hydrogen) atoms. The van der Waals surface area contributed by atoms with Crippen molar-refractivity contribution in [3.8, 4) is 22.2 Å². The molecule has 8 heteroatoms. The Labute approximate surface area is 173 Å². The second-order valence-corrected chi connectivity index (χ2v) is 6.88. The van der Waals surface area contributed by atoms with Crippen LogP contribution in [-0.2, 0) is 11.3 Å². The molecular formula is C21H23N3O4S. The number of carbonyl (C=O) groups is 1. The van der Waals surface area contributed by atoms with E-state index in [-0.39, 0.29) is 5.91 Å². The number of ether oxygens (including phenoxy) is 3. The molecule has 1 aromatic carbocycles. The molecule has 7 nitrogen and oxygen atoms in total. The van der Waals surface area contributed by atoms with Gasteiger partial charge in [-0.05, 0) is 36.8 Å². The number of nitrogens with zero attached hydrogens (tertiary/aromatic N) is 2. The first-order valence-corrected chi connectivity index (χ1v) is 10.1. The van der Waals surface area contributed by atoms with Gasteiger partial charge in [0.2, 0.25) is 5.88 Å². The summed E-state index contributed by atoms with van der Waals surface area (Å²) in [6.07, 6.45) is 1.68. The van der Waals surface area contributed by atoms with Gasteiger partial charge < -0.3 is 19.5 Å². The van der Waals surface area contributed by atoms with Crippen LogP contribution in [0.2, 0.25) is 0 Å². The lowest BCUT2D eigenvalue weighted by Crippen LogP contribution is -2.23. The van der Waals surface area contributed by atoms with Gasteiger partial charge in [-0.2, -0.15) is 0 Å². The monoisotopic (exact) mass is 413 g/mol. The van der Waals surface area contributed by atoms with Crippen molar-refractivity contribution < 1.29 is 19.0 Å². The number of benzene rings is 1. The van der Waals surface area contributed by atoms with Crippen molar-refractivity contribution in [1.82, 2.24) is 15.3 Å². The van der Waals surface area contributed by atoms with E-state index in [1.54, 1.807) is 24.8 Å². The summed E-state index contributed by atoms with van der Waals surface area (Å²) in [4.78, 5) is 21.1. The molecule has 0 radical (unpaired) electrons. The maximum Gasteiger partial charge on any atom is 0.271 e. The van der Waals surface area contributed by atoms with Gasteiger partial charge in [0.1, 0.15) is 23.1 Å². The van der Waals surface area contributed by atoms with E-state index in [1.807, 2.05) is 37.3 Å². The summed E-state index contributed by atoms with van der Waals surface area (Å²) in [5.74, 6) is 1.12. The minimum absolute atomic E-state index is 0.223. The number of nitrogens with one attached hydrogen (secondary N) is 1. The lowest BCUT2D eigenvalue weighted by Gasteiger charge is -2.06. The molecule has 0 spiro atoms. The number of rotatable bonds is 10. The first kappa shape index (κ1) is 20.8. The van der Waals surface area contributed by atoms with E-state index in [2.05, 4.69) is 15.3 Å². The Hall–Kier alpha value is -2.97. The Balaban J connectivity index is 1.53. The van der Waals surface area contributed by atoms with Crippen molar-refractivity contribution in [2.75, 3.05) is 26.9 Å². The zero-order valence-corrected chi connectivity index (χ0v) is 17.2. The fourth-order valence-corrected chi connectivity index (χ4v) is 3.28. The number of hydrogen-bond donors (Lipinski definition) is 1. The first-order chi connectivity index (χ1) is 14.2. The third-order valence-electron chi connectivity index (χ3n) is 3.94. The van der Waals surface area contributed by atoms with Gasteiger partial charge in [-0.15, -0.1) is 11.3 Å². The minimum Gasteiger partial charge on any atom is -0.494 e. The molecule has 2 heterocycles. The van der Waals surface area contributed by atoms with E-state index in [1.165, 1.54) is 11.3 Å². The number of carbonyl (C=O) groups excluding carboxylic acids is 1. The normalized spacial score (nSPS) is 10.6. The number of pyridine rings is 1. The molecule has 0 aliphatic heterocycles. The highest BCUT2D eigenvalue weighted by atomic mass is 32.1. The van der Waals surface area contributed by atoms with Gasteiger partial charge in [0.05, 0.1) is 13.2 Å². The summed E-state index contributed by atoms with van der Waals surface area (Å²) in [7, 11) is 1.62. The van der Waals surface area contributed by atoms with Crippen LogP contribution in [-0.4, -0.2) is 42.8 Å². The van der Waals surface area contributed by atoms with Crippen LogP contribution in [0.25, 0.3) is 10.6 Å². The van der Waals surface area contributed by atoms with E-state index in [9.17, 15) is 4.79 Å². The number of aromatic nitrogens is 2. The maximum absolute atomic E-state index is 12.4. The summed E-state index contributed by atoms with van der Waals surface area (Å²) >= 11 is 1.43. The molecule has 0 saturated heterocycles. The molecule has 0 saturated carbocycles. The van der Waals surface area contributed by atoms with Gasteiger partial charge in [-0.25, -0.2) is 9.97 Å². The van der Waals surface area contributed by atoms with E-state index >= 15 is 0 Å². The van der Waals surface area contributed by atoms with Crippen molar-refractivity contribution in [2.45, 2.75) is 13.5 Å². The SMILES string of the molecule is CCOc1ccc(-c2nc(C(=O)NCc3ccc(OCCOC)nc3)cs2)cc1. The average molecular weight is 413 g/mol. The minimum atomic E-state index is -0.223. The summed E-state index contributed by atoms with van der Waals surface area (Å²) in [6, 6.07) is 11.3. The van der Waals surface area contributed by atoms with Gasteiger partial charge in [0.15, 0.2) is 0 Å². The van der Waals surface area contributed by atoms with Crippen LogP contribution in [0.1, 0.15) is 23.0 Å². The van der Waals surface area contributed by atoms with Crippen LogP contribution in [0.4, 0.5) is 0 Å². The number of hydrogen-bond acceptors (Lipinski definition) is 7. The largest absolute Gasteiger partial charge is 0.494 e. The van der Waals surface area contributed by atoms with Crippen molar-refractivity contribution in [3.05, 3.63) is 59.2 Å². The highest BCUT2D eigenvalue weighted by Gasteiger charge is 2.12. The quantitative estimate of drug-likeness (QED) is 0.512. The Morgan fingerprint density at radius 2 is 1.93 bits per heavy atom. The second kappa shape index (κ2) is 10.5. The summed E-state index contributed by atoms with van der Waals surface area (Å²) < 4.78 is 15.8.